The number of carbonyl (C=O) groups excluding carboxylic acids is 1. The van der Waals surface area contributed by atoms with E-state index in [1.807, 2.05) is 4.89 Å². The summed E-state index contributed by atoms with van der Waals surface area (Å²) in [6.07, 6.45) is 0. The Balaban J connectivity index is 3.29. The summed E-state index contributed by atoms with van der Waals surface area (Å²) in [6.45, 7) is 4.97. The van der Waals surface area contributed by atoms with Crippen LogP contribution in [0.25, 0.3) is 0 Å². The van der Waals surface area contributed by atoms with Crippen molar-refractivity contribution in [1.29, 1.82) is 0 Å². The smallest absolute Gasteiger partial charge is 0.355 e. The molecule has 0 aromatic carbocycles. The van der Waals surface area contributed by atoms with Crippen molar-refractivity contribution in [2.24, 2.45) is 0 Å². The number of nitrogens with one attached hydrogen (secondary N) is 2. The first-order chi connectivity index (χ1) is 8.35. The number of ether oxygens (including phenoxy) is 1. The van der Waals surface area contributed by atoms with Gasteiger partial charge in [0.1, 0.15) is 10.6 Å². The minimum Gasteiger partial charge on any atom is -0.461 e. The van der Waals surface area contributed by atoms with Crippen molar-refractivity contribution in [3.63, 3.8) is 0 Å². The normalized spacial score (nSPS) is 11.6. The van der Waals surface area contributed by atoms with Gasteiger partial charge in [0, 0.05) is 11.3 Å². The highest BCUT2D eigenvalue weighted by Crippen LogP contribution is 2.23. The lowest BCUT2D eigenvalue weighted by Crippen LogP contribution is -2.23. The maximum atomic E-state index is 11.9. The summed E-state index contributed by atoms with van der Waals surface area (Å²) in [7, 11) is -2.62. The predicted octanol–water partition coefficient (Wildman–Crippen LogP) is 0.648. The number of esters is 1. The summed E-state index contributed by atoms with van der Waals surface area (Å²) in [4.78, 5) is 20.6. The van der Waals surface area contributed by atoms with Crippen molar-refractivity contribution in [1.82, 2.24) is 9.87 Å². The maximum Gasteiger partial charge on any atom is 0.355 e. The minimum absolute atomic E-state index is 0.00703. The average Bonchev–Trinajstić information content (AvgIpc) is 2.55. The Bertz CT molecular complexity index is 547. The fourth-order valence-electron chi connectivity index (χ4n) is 1.69. The van der Waals surface area contributed by atoms with Crippen molar-refractivity contribution < 1.29 is 22.8 Å². The molecule has 7 nitrogen and oxygen atoms in total. The van der Waals surface area contributed by atoms with E-state index in [2.05, 4.69) is 9.82 Å². The average molecular weight is 276 g/mol. The van der Waals surface area contributed by atoms with Gasteiger partial charge in [0.2, 0.25) is 0 Å². The predicted molar refractivity (Wildman–Crippen MR) is 63.6 cm³/mol. The zero-order valence-electron chi connectivity index (χ0n) is 10.7. The number of hydrogen-bond acceptors (Lipinski definition) is 5. The third-order valence-electron chi connectivity index (χ3n) is 2.31. The molecule has 1 heterocycles. The van der Waals surface area contributed by atoms with Crippen molar-refractivity contribution in [2.45, 2.75) is 25.7 Å². The number of hydrogen-bond donors (Lipinski definition) is 2. The number of H-pyrrole nitrogens is 1. The van der Waals surface area contributed by atoms with Crippen molar-refractivity contribution >= 4 is 16.0 Å². The van der Waals surface area contributed by atoms with Gasteiger partial charge in [-0.15, -0.1) is 0 Å². The molecular formula is C10H16N2O5S. The molecule has 0 fully saturated rings. The molecule has 0 aliphatic rings. The number of aromatic nitrogens is 1. The van der Waals surface area contributed by atoms with Crippen LogP contribution in [-0.4, -0.2) is 33.1 Å². The third-order valence-corrected chi connectivity index (χ3v) is 3.85. The van der Waals surface area contributed by atoms with E-state index >= 15 is 0 Å². The molecule has 1 aromatic rings. The molecule has 0 aliphatic carbocycles. The summed E-state index contributed by atoms with van der Waals surface area (Å²) in [6, 6.07) is 0. The lowest BCUT2D eigenvalue weighted by Gasteiger charge is -2.05. The van der Waals surface area contributed by atoms with Crippen LogP contribution in [-0.2, 0) is 19.6 Å². The second-order valence-corrected chi connectivity index (χ2v) is 5.17. The van der Waals surface area contributed by atoms with Crippen molar-refractivity contribution in [3.05, 3.63) is 17.0 Å². The fourth-order valence-corrected chi connectivity index (χ4v) is 2.96. The molecule has 102 valence electrons. The lowest BCUT2D eigenvalue weighted by molar-refractivity contribution is 0.0519. The third kappa shape index (κ3) is 2.71. The molecule has 0 saturated heterocycles. The Morgan fingerprint density at radius 2 is 2.00 bits per heavy atom. The first-order valence-electron chi connectivity index (χ1n) is 5.26. The quantitative estimate of drug-likeness (QED) is 0.608. The van der Waals surface area contributed by atoms with Crippen LogP contribution in [0, 0.1) is 13.8 Å². The highest BCUT2D eigenvalue weighted by Gasteiger charge is 2.26. The van der Waals surface area contributed by atoms with E-state index in [1.165, 1.54) is 14.0 Å². The van der Waals surface area contributed by atoms with Gasteiger partial charge in [-0.1, -0.05) is 4.89 Å². The van der Waals surface area contributed by atoms with Gasteiger partial charge in [-0.05, 0) is 20.8 Å². The highest BCUT2D eigenvalue weighted by atomic mass is 32.2. The van der Waals surface area contributed by atoms with Gasteiger partial charge < -0.3 is 9.72 Å². The number of sulfonamides is 1. The number of carbonyl (C=O) groups is 1. The molecule has 1 rings (SSSR count). The molecule has 0 spiro atoms. The van der Waals surface area contributed by atoms with E-state index in [9.17, 15) is 13.2 Å². The van der Waals surface area contributed by atoms with E-state index in [0.29, 0.717) is 11.3 Å². The van der Waals surface area contributed by atoms with Gasteiger partial charge in [0.15, 0.2) is 0 Å². The van der Waals surface area contributed by atoms with Crippen LogP contribution in [0.5, 0.6) is 0 Å². The molecule has 8 heteroatoms. The Morgan fingerprint density at radius 1 is 1.39 bits per heavy atom. The van der Waals surface area contributed by atoms with Gasteiger partial charge in [-0.3, -0.25) is 4.84 Å². The van der Waals surface area contributed by atoms with E-state index in [1.54, 1.807) is 13.8 Å². The number of aromatic amines is 1. The van der Waals surface area contributed by atoms with Crippen LogP contribution in [0.2, 0.25) is 0 Å². The lowest BCUT2D eigenvalue weighted by atomic mass is 10.2. The molecule has 0 aliphatic heterocycles. The first kappa shape index (κ1) is 14.7. The first-order valence-corrected chi connectivity index (χ1v) is 6.74. The SMILES string of the molecule is CCOC(=O)c1[nH]c(C)c(S(=O)(=O)NOC)c1C. The molecule has 0 bridgehead atoms. The van der Waals surface area contributed by atoms with E-state index in [0.717, 1.165) is 0 Å². The summed E-state index contributed by atoms with van der Waals surface area (Å²) < 4.78 is 28.6. The minimum atomic E-state index is -3.81. The fraction of sp³-hybridized carbons (Fsp3) is 0.500. The van der Waals surface area contributed by atoms with E-state index in [-0.39, 0.29) is 17.2 Å². The van der Waals surface area contributed by atoms with Gasteiger partial charge in [0.05, 0.1) is 13.7 Å². The molecule has 0 unspecified atom stereocenters. The molecule has 0 atom stereocenters. The van der Waals surface area contributed by atoms with Crippen molar-refractivity contribution in [3.8, 4) is 0 Å². The van der Waals surface area contributed by atoms with Crippen LogP contribution in [0.4, 0.5) is 0 Å². The van der Waals surface area contributed by atoms with E-state index < -0.39 is 16.0 Å². The Hall–Kier alpha value is -1.38. The molecular weight excluding hydrogens is 260 g/mol. The van der Waals surface area contributed by atoms with Crippen LogP contribution in [0.3, 0.4) is 0 Å². The van der Waals surface area contributed by atoms with Crippen LogP contribution >= 0.6 is 0 Å². The van der Waals surface area contributed by atoms with Gasteiger partial charge >= 0.3 is 5.97 Å². The summed E-state index contributed by atoms with van der Waals surface area (Å²) in [5.74, 6) is -0.586. The monoisotopic (exact) mass is 276 g/mol. The van der Waals surface area contributed by atoms with Crippen LogP contribution < -0.4 is 4.89 Å². The second kappa shape index (κ2) is 5.51. The molecule has 0 saturated carbocycles. The Labute approximate surface area is 105 Å². The van der Waals surface area contributed by atoms with Crippen molar-refractivity contribution in [2.75, 3.05) is 13.7 Å². The zero-order chi connectivity index (χ0) is 13.9. The second-order valence-electron chi connectivity index (χ2n) is 3.59. The molecule has 2 N–H and O–H groups in total. The largest absolute Gasteiger partial charge is 0.461 e. The molecule has 18 heavy (non-hydrogen) atoms. The Morgan fingerprint density at radius 3 is 2.50 bits per heavy atom. The Kier molecular flexibility index (Phi) is 4.49. The molecule has 0 amide bonds. The summed E-state index contributed by atoms with van der Waals surface area (Å²) in [5, 5.41) is 0. The maximum absolute atomic E-state index is 11.9. The van der Waals surface area contributed by atoms with Gasteiger partial charge in [-0.2, -0.15) is 0 Å². The van der Waals surface area contributed by atoms with E-state index in [4.69, 9.17) is 4.74 Å². The van der Waals surface area contributed by atoms with Crippen LogP contribution in [0.1, 0.15) is 28.7 Å². The molecule has 1 aromatic heterocycles. The summed E-state index contributed by atoms with van der Waals surface area (Å²) >= 11 is 0. The van der Waals surface area contributed by atoms with Gasteiger partial charge in [0.25, 0.3) is 10.0 Å². The van der Waals surface area contributed by atoms with Crippen LogP contribution in [0.15, 0.2) is 4.90 Å². The standard InChI is InChI=1S/C10H16N2O5S/c1-5-17-10(13)8-6(2)9(7(3)11-8)18(14,15)12-16-4/h11-12H,5H2,1-4H3. The zero-order valence-corrected chi connectivity index (χ0v) is 11.5. The van der Waals surface area contributed by atoms with Gasteiger partial charge in [-0.25, -0.2) is 13.2 Å². The topological polar surface area (TPSA) is 97.5 Å². The highest BCUT2D eigenvalue weighted by molar-refractivity contribution is 7.89. The molecule has 0 radical (unpaired) electrons. The number of aryl methyl sites for hydroxylation is 1. The number of rotatable bonds is 5. The summed E-state index contributed by atoms with van der Waals surface area (Å²) in [5.41, 5.74) is 0.779.